The molecule has 0 fully saturated rings. The van der Waals surface area contributed by atoms with E-state index in [4.69, 9.17) is 4.74 Å². The monoisotopic (exact) mass is 257 g/mol. The summed E-state index contributed by atoms with van der Waals surface area (Å²) in [5.74, 6) is 0. The van der Waals surface area contributed by atoms with Gasteiger partial charge >= 0.3 is 0 Å². The van der Waals surface area contributed by atoms with Gasteiger partial charge in [0.25, 0.3) is 0 Å². The van der Waals surface area contributed by atoms with E-state index in [2.05, 4.69) is 5.32 Å². The number of hydrogen-bond donors (Lipinski definition) is 1. The molecule has 0 spiro atoms. The lowest BCUT2D eigenvalue weighted by Gasteiger charge is -2.14. The van der Waals surface area contributed by atoms with Crippen molar-refractivity contribution in [3.8, 4) is 0 Å². The van der Waals surface area contributed by atoms with Gasteiger partial charge in [-0.15, -0.1) is 0 Å². The Morgan fingerprint density at radius 3 is 2.53 bits per heavy atom. The molecular formula is C12H19NO3S. The predicted octanol–water partition coefficient (Wildman–Crippen LogP) is 1.93. The largest absolute Gasteiger partial charge is 0.383 e. The van der Waals surface area contributed by atoms with Crippen molar-refractivity contribution in [2.45, 2.75) is 24.0 Å². The molecule has 0 radical (unpaired) electrons. The van der Waals surface area contributed by atoms with Crippen LogP contribution < -0.4 is 5.32 Å². The molecule has 0 atom stereocenters. The Balaban J connectivity index is 3.00. The van der Waals surface area contributed by atoms with Gasteiger partial charge in [0.1, 0.15) is 0 Å². The van der Waals surface area contributed by atoms with Crippen molar-refractivity contribution in [3.05, 3.63) is 24.3 Å². The van der Waals surface area contributed by atoms with Crippen LogP contribution in [-0.4, -0.2) is 33.9 Å². The Kier molecular flexibility index (Phi) is 4.96. The second-order valence-corrected chi connectivity index (χ2v) is 6.48. The maximum atomic E-state index is 12.1. The second kappa shape index (κ2) is 6.02. The Bertz CT molecular complexity index is 455. The van der Waals surface area contributed by atoms with Crippen molar-refractivity contribution in [1.82, 2.24) is 0 Å². The quantitative estimate of drug-likeness (QED) is 0.791. The van der Waals surface area contributed by atoms with E-state index in [-0.39, 0.29) is 0 Å². The number of nitrogens with one attached hydrogen (secondary N) is 1. The molecule has 0 aliphatic heterocycles. The maximum absolute atomic E-state index is 12.1. The summed E-state index contributed by atoms with van der Waals surface area (Å²) in [6.45, 7) is 4.49. The van der Waals surface area contributed by atoms with Crippen molar-refractivity contribution >= 4 is 15.5 Å². The number of sulfone groups is 1. The molecule has 0 saturated heterocycles. The summed E-state index contributed by atoms with van der Waals surface area (Å²) in [6.07, 6.45) is 0. The van der Waals surface area contributed by atoms with Gasteiger partial charge in [0.2, 0.25) is 0 Å². The highest BCUT2D eigenvalue weighted by atomic mass is 32.2. The predicted molar refractivity (Wildman–Crippen MR) is 69.1 cm³/mol. The molecule has 1 rings (SSSR count). The first-order valence-electron chi connectivity index (χ1n) is 5.56. The zero-order chi connectivity index (χ0) is 12.9. The van der Waals surface area contributed by atoms with Crippen LogP contribution in [0.15, 0.2) is 29.2 Å². The molecule has 0 saturated carbocycles. The van der Waals surface area contributed by atoms with E-state index in [1.165, 1.54) is 0 Å². The maximum Gasteiger partial charge on any atom is 0.182 e. The number of benzene rings is 1. The molecule has 0 aliphatic rings. The minimum absolute atomic E-state index is 0.353. The van der Waals surface area contributed by atoms with Crippen LogP contribution in [0.2, 0.25) is 0 Å². The minimum Gasteiger partial charge on any atom is -0.383 e. The normalized spacial score (nSPS) is 11.8. The van der Waals surface area contributed by atoms with Gasteiger partial charge < -0.3 is 10.1 Å². The van der Waals surface area contributed by atoms with Gasteiger partial charge in [-0.05, 0) is 26.0 Å². The van der Waals surface area contributed by atoms with Crippen molar-refractivity contribution in [2.24, 2.45) is 0 Å². The third-order valence-electron chi connectivity index (χ3n) is 2.44. The van der Waals surface area contributed by atoms with Gasteiger partial charge in [0.15, 0.2) is 9.84 Å². The fourth-order valence-corrected chi connectivity index (χ4v) is 2.63. The molecule has 0 aromatic heterocycles. The summed E-state index contributed by atoms with van der Waals surface area (Å²) in [5, 5.41) is 2.65. The molecule has 0 bridgehead atoms. The van der Waals surface area contributed by atoms with E-state index < -0.39 is 15.1 Å². The summed E-state index contributed by atoms with van der Waals surface area (Å²) in [6, 6.07) is 6.95. The zero-order valence-electron chi connectivity index (χ0n) is 10.4. The SMILES string of the molecule is COCCNc1ccccc1S(=O)(=O)C(C)C. The van der Waals surface area contributed by atoms with E-state index in [9.17, 15) is 8.42 Å². The molecule has 4 nitrogen and oxygen atoms in total. The number of rotatable bonds is 6. The summed E-state index contributed by atoms with van der Waals surface area (Å²) in [5.41, 5.74) is 0.637. The Labute approximate surface area is 103 Å². The van der Waals surface area contributed by atoms with Gasteiger partial charge in [-0.2, -0.15) is 0 Å². The van der Waals surface area contributed by atoms with Gasteiger partial charge in [0.05, 0.1) is 22.4 Å². The first kappa shape index (κ1) is 14.0. The summed E-state index contributed by atoms with van der Waals surface area (Å²) in [4.78, 5) is 0.353. The zero-order valence-corrected chi connectivity index (χ0v) is 11.3. The van der Waals surface area contributed by atoms with Crippen LogP contribution in [0, 0.1) is 0 Å². The summed E-state index contributed by atoms with van der Waals surface area (Å²) < 4.78 is 29.2. The highest BCUT2D eigenvalue weighted by Gasteiger charge is 2.21. The average Bonchev–Trinajstić information content (AvgIpc) is 2.29. The number of methoxy groups -OCH3 is 1. The molecule has 0 amide bonds. The molecule has 0 heterocycles. The first-order valence-corrected chi connectivity index (χ1v) is 7.10. The van der Waals surface area contributed by atoms with Gasteiger partial charge in [-0.1, -0.05) is 12.1 Å². The number of hydrogen-bond acceptors (Lipinski definition) is 4. The van der Waals surface area contributed by atoms with E-state index in [1.807, 2.05) is 6.07 Å². The number of para-hydroxylation sites is 1. The summed E-state index contributed by atoms with van der Waals surface area (Å²) >= 11 is 0. The van der Waals surface area contributed by atoms with Gasteiger partial charge in [0, 0.05) is 13.7 Å². The molecule has 0 unspecified atom stereocenters. The van der Waals surface area contributed by atoms with Crippen LogP contribution in [0.3, 0.4) is 0 Å². The lowest BCUT2D eigenvalue weighted by molar-refractivity contribution is 0.210. The van der Waals surface area contributed by atoms with E-state index in [1.54, 1.807) is 39.2 Å². The average molecular weight is 257 g/mol. The van der Waals surface area contributed by atoms with Crippen LogP contribution in [0.5, 0.6) is 0 Å². The number of ether oxygens (including phenoxy) is 1. The Morgan fingerprint density at radius 1 is 1.29 bits per heavy atom. The van der Waals surface area contributed by atoms with Crippen LogP contribution in [-0.2, 0) is 14.6 Å². The lowest BCUT2D eigenvalue weighted by atomic mass is 10.3. The minimum atomic E-state index is -3.25. The molecule has 96 valence electrons. The van der Waals surface area contributed by atoms with Crippen LogP contribution in [0.4, 0.5) is 5.69 Å². The van der Waals surface area contributed by atoms with Gasteiger partial charge in [-0.25, -0.2) is 8.42 Å². The highest BCUT2D eigenvalue weighted by molar-refractivity contribution is 7.92. The number of anilines is 1. The van der Waals surface area contributed by atoms with Crippen molar-refractivity contribution < 1.29 is 13.2 Å². The first-order chi connectivity index (χ1) is 8.00. The Hall–Kier alpha value is -1.07. The Morgan fingerprint density at radius 2 is 1.94 bits per heavy atom. The molecule has 5 heteroatoms. The molecule has 1 aromatic carbocycles. The smallest absolute Gasteiger partial charge is 0.182 e. The van der Waals surface area contributed by atoms with Crippen LogP contribution in [0.1, 0.15) is 13.8 Å². The molecule has 1 N–H and O–H groups in total. The topological polar surface area (TPSA) is 55.4 Å². The molecular weight excluding hydrogens is 238 g/mol. The highest BCUT2D eigenvalue weighted by Crippen LogP contribution is 2.24. The van der Waals surface area contributed by atoms with E-state index >= 15 is 0 Å². The fraction of sp³-hybridized carbons (Fsp3) is 0.500. The molecule has 17 heavy (non-hydrogen) atoms. The van der Waals surface area contributed by atoms with Crippen molar-refractivity contribution in [3.63, 3.8) is 0 Å². The standard InChI is InChI=1S/C12H19NO3S/c1-10(2)17(14,15)12-7-5-4-6-11(12)13-8-9-16-3/h4-7,10,13H,8-9H2,1-3H3. The van der Waals surface area contributed by atoms with E-state index in [0.717, 1.165) is 0 Å². The summed E-state index contributed by atoms with van der Waals surface area (Å²) in [7, 11) is -1.64. The second-order valence-electron chi connectivity index (χ2n) is 4.01. The van der Waals surface area contributed by atoms with Gasteiger partial charge in [-0.3, -0.25) is 0 Å². The van der Waals surface area contributed by atoms with Crippen LogP contribution in [0.25, 0.3) is 0 Å². The molecule has 0 aliphatic carbocycles. The third-order valence-corrected chi connectivity index (χ3v) is 4.65. The van der Waals surface area contributed by atoms with Crippen molar-refractivity contribution in [2.75, 3.05) is 25.6 Å². The fourth-order valence-electron chi connectivity index (χ4n) is 1.40. The van der Waals surface area contributed by atoms with Crippen LogP contribution >= 0.6 is 0 Å². The van der Waals surface area contributed by atoms with Crippen molar-refractivity contribution in [1.29, 1.82) is 0 Å². The third kappa shape index (κ3) is 3.44. The lowest BCUT2D eigenvalue weighted by Crippen LogP contribution is -2.17. The molecule has 1 aromatic rings. The van der Waals surface area contributed by atoms with E-state index in [0.29, 0.717) is 23.7 Å².